The highest BCUT2D eigenvalue weighted by Gasteiger charge is 2.56. The van der Waals surface area contributed by atoms with E-state index in [-0.39, 0.29) is 18.2 Å². The van der Waals surface area contributed by atoms with Gasteiger partial charge in [-0.05, 0) is 54.6 Å². The second-order valence-electron chi connectivity index (χ2n) is 24.2. The lowest BCUT2D eigenvalue weighted by Crippen LogP contribution is -2.62. The molecule has 12 rings (SSSR count). The Kier molecular flexibility index (Phi) is 19.3. The third-order valence-corrected chi connectivity index (χ3v) is 17.4. The lowest BCUT2D eigenvalue weighted by molar-refractivity contribution is -0.284. The fraction of sp³-hybridized carbons (Fsp3) is 0.176. The number of hydrogen-bond donors (Lipinski definition) is 25. The molecule has 4 heterocycles. The maximum absolute atomic E-state index is 15.0. The van der Waals surface area contributed by atoms with Gasteiger partial charge >= 0.3 is 47.8 Å². The van der Waals surface area contributed by atoms with E-state index in [2.05, 4.69) is 0 Å². The first-order valence-electron chi connectivity index (χ1n) is 31.1. The first kappa shape index (κ1) is 76.2. The van der Waals surface area contributed by atoms with Crippen LogP contribution in [0.5, 0.6) is 144 Å². The zero-order chi connectivity index (χ0) is 81.7. The molecule has 586 valence electrons. The van der Waals surface area contributed by atoms with Crippen molar-refractivity contribution in [1.82, 2.24) is 0 Å². The summed E-state index contributed by atoms with van der Waals surface area (Å²) in [5, 5.41) is 271. The summed E-state index contributed by atoms with van der Waals surface area (Å²) in [7, 11) is 0. The summed E-state index contributed by atoms with van der Waals surface area (Å²) >= 11 is 0. The first-order chi connectivity index (χ1) is 52.7. The van der Waals surface area contributed by atoms with Gasteiger partial charge in [0.05, 0.1) is 38.9 Å². The highest BCUT2D eigenvalue weighted by atomic mass is 16.7. The van der Waals surface area contributed by atoms with Crippen molar-refractivity contribution in [2.45, 2.75) is 61.4 Å². The molecule has 0 unspecified atom stereocenters. The Bertz CT molecular complexity index is 5320. The van der Waals surface area contributed by atoms with Crippen molar-refractivity contribution in [1.29, 1.82) is 0 Å². The van der Waals surface area contributed by atoms with E-state index in [0.717, 1.165) is 0 Å². The number of ether oxygens (including phenoxy) is 11. The van der Waals surface area contributed by atoms with Crippen LogP contribution in [0.4, 0.5) is 0 Å². The highest BCUT2D eigenvalue weighted by molar-refractivity contribution is 6.10. The predicted octanol–water partition coefficient (Wildman–Crippen LogP) is 1.77. The molecular formula is C68H50O44. The number of phenolic OH excluding ortho intramolecular Hbond substituents is 23. The second-order valence-corrected chi connectivity index (χ2v) is 24.2. The molecule has 2 fully saturated rings. The van der Waals surface area contributed by atoms with Gasteiger partial charge in [0.2, 0.25) is 34.5 Å². The minimum Gasteiger partial charge on any atom is -0.504 e. The van der Waals surface area contributed by atoms with Crippen molar-refractivity contribution in [3.8, 4) is 166 Å². The SMILES string of the molecule is O=C(O[C@@H]1[C@@H](OC(=O)c2cc(O)c(O)c(O)c2Oc2cc3c(c(O)c2O)-c2c(cc(O)c(O)c2O)C(=O)O[C@H]2[C@H](OC(=O)c4cc(O)c(O)c(O)c4)[C@@H](OC(=O)c4cc(O)c(O)c(O)c4)[C@H](O)O[C@@H]2COC3=O)[C@H](O)O[C@@H]2COC(=O)c3cc(O)c(O)c(O)c3-c3c(cc(O)c(O)c3O)C(=O)O[C@@H]12)c1cc(O)c(O)c(O)c1. The molecule has 0 saturated carbocycles. The summed E-state index contributed by atoms with van der Waals surface area (Å²) in [4.78, 5) is 115. The highest BCUT2D eigenvalue weighted by Crippen LogP contribution is 2.58. The van der Waals surface area contributed by atoms with Crippen LogP contribution in [0.2, 0.25) is 0 Å². The lowest BCUT2D eigenvalue weighted by atomic mass is 9.91. The van der Waals surface area contributed by atoms with Gasteiger partial charge in [-0.15, -0.1) is 0 Å². The van der Waals surface area contributed by atoms with Crippen molar-refractivity contribution in [2.75, 3.05) is 13.2 Å². The van der Waals surface area contributed by atoms with E-state index >= 15 is 0 Å². The van der Waals surface area contributed by atoms with Crippen LogP contribution in [0.1, 0.15) is 82.9 Å². The molecule has 0 aliphatic carbocycles. The Morgan fingerprint density at radius 2 is 0.580 bits per heavy atom. The van der Waals surface area contributed by atoms with Crippen molar-refractivity contribution in [2.24, 2.45) is 0 Å². The largest absolute Gasteiger partial charge is 0.504 e. The van der Waals surface area contributed by atoms with E-state index in [1.807, 2.05) is 0 Å². The number of aliphatic hydroxyl groups is 2. The molecule has 0 radical (unpaired) electrons. The number of carbonyl (C=O) groups excluding carboxylic acids is 8. The van der Waals surface area contributed by atoms with Gasteiger partial charge in [-0.3, -0.25) is 0 Å². The van der Waals surface area contributed by atoms with Gasteiger partial charge in [0.15, 0.2) is 158 Å². The Morgan fingerprint density at radius 3 is 0.929 bits per heavy atom. The third kappa shape index (κ3) is 13.2. The van der Waals surface area contributed by atoms with Crippen LogP contribution in [-0.2, 0) is 47.4 Å². The fourth-order valence-corrected chi connectivity index (χ4v) is 11.9. The molecule has 10 atom stereocenters. The number of esters is 8. The molecule has 4 aliphatic heterocycles. The first-order valence-corrected chi connectivity index (χ1v) is 31.1. The molecule has 0 spiro atoms. The van der Waals surface area contributed by atoms with Crippen molar-refractivity contribution >= 4 is 47.8 Å². The van der Waals surface area contributed by atoms with Gasteiger partial charge < -0.3 is 180 Å². The molecule has 4 aliphatic rings. The van der Waals surface area contributed by atoms with Crippen LogP contribution >= 0.6 is 0 Å². The van der Waals surface area contributed by atoms with Crippen LogP contribution in [0.15, 0.2) is 66.7 Å². The van der Waals surface area contributed by atoms with E-state index in [4.69, 9.17) is 52.1 Å². The molecule has 0 aromatic heterocycles. The Balaban J connectivity index is 0.941. The summed E-state index contributed by atoms with van der Waals surface area (Å²) < 4.78 is 61.0. The summed E-state index contributed by atoms with van der Waals surface area (Å²) in [6.07, 6.45) is -26.1. The number of rotatable bonds is 10. The molecule has 8 aromatic carbocycles. The zero-order valence-electron chi connectivity index (χ0n) is 55.0. The van der Waals surface area contributed by atoms with Gasteiger partial charge in [0, 0.05) is 34.4 Å². The number of fused-ring (bicyclic) bond motifs is 8. The number of aliphatic hydroxyl groups excluding tert-OH is 2. The summed E-state index contributed by atoms with van der Waals surface area (Å²) in [5.41, 5.74) is -14.2. The number of aromatic hydroxyl groups is 23. The molecule has 2 saturated heterocycles. The topological polar surface area (TPSA) is 744 Å². The number of benzene rings is 8. The number of carbonyl (C=O) groups is 8. The number of phenols is 23. The van der Waals surface area contributed by atoms with E-state index in [1.165, 1.54) is 0 Å². The van der Waals surface area contributed by atoms with Gasteiger partial charge in [-0.25, -0.2) is 38.4 Å². The molecule has 112 heavy (non-hydrogen) atoms. The number of cyclic esters (lactones) is 2. The van der Waals surface area contributed by atoms with Crippen molar-refractivity contribution in [3.63, 3.8) is 0 Å². The standard InChI is InChI=1S/C68H50O44/c69-22-1-14(2-23(70)39(22)79)59(92)109-55-53-34(105-67(100)57(55)111-61(94)16-5-26(73)41(81)27(74)6-16)13-103-63(96)20-11-32(46(86)50(90)38(20)37-19(65(98)107-53)9-30(77)44(84)49(37)89)104-52-21(10-31(78)45(85)51(52)91)66(99)112-58-56(110-60(93)15-3-24(71)40(80)25(72)4-15)54-33(106-68(58)101)12-102-62(95)17-7-28(75)42(82)47(87)35(17)36-18(64(97)108-54)8-29(76)43(83)48(36)88/h1-11,33-34,53-58,67-91,100-101H,12-13H2/t33-,34-,53-,54-,55+,56+,57-,58-,67-,68-/m1/s1. The maximum Gasteiger partial charge on any atom is 0.342 e. The van der Waals surface area contributed by atoms with E-state index in [0.29, 0.717) is 48.5 Å². The Hall–Kier alpha value is -15.4. The van der Waals surface area contributed by atoms with Crippen molar-refractivity contribution < 1.29 is 218 Å². The monoisotopic (exact) mass is 1570 g/mol. The molecule has 8 aromatic rings. The molecular weight excluding hydrogens is 1520 g/mol. The minimum atomic E-state index is -2.88. The Morgan fingerprint density at radius 1 is 0.304 bits per heavy atom. The maximum atomic E-state index is 15.0. The lowest BCUT2D eigenvalue weighted by Gasteiger charge is -2.42. The summed E-state index contributed by atoms with van der Waals surface area (Å²) in [5.74, 6) is -50.8. The summed E-state index contributed by atoms with van der Waals surface area (Å²) in [6, 6.07) is 4.24. The average Bonchev–Trinajstić information content (AvgIpc) is 1.14. The predicted molar refractivity (Wildman–Crippen MR) is 345 cm³/mol. The molecule has 0 amide bonds. The van der Waals surface area contributed by atoms with Gasteiger partial charge in [0.25, 0.3) is 0 Å². The summed E-state index contributed by atoms with van der Waals surface area (Å²) in [6.45, 7) is -2.82. The Labute approximate surface area is 616 Å². The van der Waals surface area contributed by atoms with Crippen LogP contribution in [0.25, 0.3) is 22.3 Å². The van der Waals surface area contributed by atoms with Gasteiger partial charge in [-0.1, -0.05) is 0 Å². The van der Waals surface area contributed by atoms with E-state index in [9.17, 15) is 166 Å². The number of hydrogen-bond acceptors (Lipinski definition) is 44. The average molecular weight is 1570 g/mol. The normalized spacial score (nSPS) is 20.7. The van der Waals surface area contributed by atoms with Crippen molar-refractivity contribution in [3.05, 3.63) is 111 Å². The van der Waals surface area contributed by atoms with Crippen LogP contribution in [-0.4, -0.2) is 250 Å². The zero-order valence-corrected chi connectivity index (χ0v) is 55.0. The molecule has 44 heteroatoms. The smallest absolute Gasteiger partial charge is 0.342 e. The van der Waals surface area contributed by atoms with Gasteiger partial charge in [-0.2, -0.15) is 0 Å². The van der Waals surface area contributed by atoms with E-state index in [1.54, 1.807) is 0 Å². The van der Waals surface area contributed by atoms with Crippen LogP contribution in [0, 0.1) is 0 Å². The van der Waals surface area contributed by atoms with Crippen LogP contribution < -0.4 is 4.74 Å². The molecule has 0 bridgehead atoms. The van der Waals surface area contributed by atoms with Gasteiger partial charge in [0.1, 0.15) is 31.0 Å². The van der Waals surface area contributed by atoms with Crippen LogP contribution in [0.3, 0.4) is 0 Å². The third-order valence-electron chi connectivity index (χ3n) is 17.4. The van der Waals surface area contributed by atoms with E-state index < -0.39 is 333 Å². The second kappa shape index (κ2) is 28.4. The molecule has 25 N–H and O–H groups in total. The quantitative estimate of drug-likeness (QED) is 0.0527. The minimum absolute atomic E-state index is 0.159. The fourth-order valence-electron chi connectivity index (χ4n) is 11.9. The molecule has 44 nitrogen and oxygen atoms in total.